The topological polar surface area (TPSA) is 69.1 Å². The first-order valence-corrected chi connectivity index (χ1v) is 9.14. The molecular weight excluding hydrogens is 339 g/mol. The average molecular weight is 364 g/mol. The number of hydrogen-bond acceptors (Lipinski definition) is 6. The summed E-state index contributed by atoms with van der Waals surface area (Å²) in [5.74, 6) is -0.0923. The molecule has 0 radical (unpaired) electrons. The molecule has 1 N–H and O–H groups in total. The number of aliphatic hydroxyl groups excluding tert-OH is 1. The first kappa shape index (κ1) is 17.6. The molecule has 3 aliphatic heterocycles. The molecule has 0 aromatic carbocycles. The van der Waals surface area contributed by atoms with Crippen molar-refractivity contribution < 1.29 is 19.0 Å². The van der Waals surface area contributed by atoms with Crippen molar-refractivity contribution in [2.75, 3.05) is 70.5 Å². The molecule has 0 spiro atoms. The number of rotatable bonds is 4. The molecule has 0 bridgehead atoms. The largest absolute Gasteiger partial charge is 0.396 e. The van der Waals surface area contributed by atoms with E-state index in [1.807, 2.05) is 9.80 Å². The van der Waals surface area contributed by atoms with Crippen molar-refractivity contribution in [3.63, 3.8) is 0 Å². The molecule has 4 heterocycles. The third-order valence-electron chi connectivity index (χ3n) is 5.98. The van der Waals surface area contributed by atoms with Crippen molar-refractivity contribution >= 4 is 11.6 Å². The number of halogens is 1. The number of aromatic nitrogens is 1. The van der Waals surface area contributed by atoms with Gasteiger partial charge >= 0.3 is 0 Å². The lowest BCUT2D eigenvalue weighted by atomic mass is 9.82. The van der Waals surface area contributed by atoms with Crippen molar-refractivity contribution in [1.82, 2.24) is 14.8 Å². The second-order valence-corrected chi connectivity index (χ2v) is 7.59. The summed E-state index contributed by atoms with van der Waals surface area (Å²) in [7, 11) is 0. The third kappa shape index (κ3) is 3.17. The summed E-state index contributed by atoms with van der Waals surface area (Å²) in [5, 5.41) is 10.1. The highest BCUT2D eigenvalue weighted by Gasteiger charge is 2.53. The van der Waals surface area contributed by atoms with Crippen molar-refractivity contribution in [2.45, 2.75) is 0 Å². The van der Waals surface area contributed by atoms with Crippen LogP contribution >= 0.6 is 0 Å². The predicted molar refractivity (Wildman–Crippen MR) is 93.3 cm³/mol. The van der Waals surface area contributed by atoms with Gasteiger partial charge in [0.2, 0.25) is 5.91 Å². The lowest BCUT2D eigenvalue weighted by molar-refractivity contribution is -0.133. The number of amides is 1. The molecule has 0 aliphatic carbocycles. The number of carbonyl (C=O) groups is 1. The molecule has 1 aromatic heterocycles. The van der Waals surface area contributed by atoms with Crippen LogP contribution in [0.3, 0.4) is 0 Å². The number of ether oxygens (including phenoxy) is 1. The Balaban J connectivity index is 1.42. The standard InChI is InChI=1S/C18H25FN4O3/c19-15-7-20-2-1-16(15)22-8-14-9-23(12-18(14,11-22)13-24)17(25)10-21-3-5-26-6-4-21/h1-2,7,14,24H,3-6,8-13H2/t14-,18+/m0/s1. The summed E-state index contributed by atoms with van der Waals surface area (Å²) in [4.78, 5) is 22.4. The van der Waals surface area contributed by atoms with E-state index in [9.17, 15) is 14.3 Å². The van der Waals surface area contributed by atoms with Gasteiger partial charge in [0.25, 0.3) is 0 Å². The maximum absolute atomic E-state index is 14.1. The quantitative estimate of drug-likeness (QED) is 0.799. The maximum Gasteiger partial charge on any atom is 0.236 e. The fraction of sp³-hybridized carbons (Fsp3) is 0.667. The zero-order valence-corrected chi connectivity index (χ0v) is 14.8. The van der Waals surface area contributed by atoms with Crippen LogP contribution in [0.25, 0.3) is 0 Å². The average Bonchev–Trinajstić information content (AvgIpc) is 3.17. The molecule has 7 nitrogen and oxygen atoms in total. The van der Waals surface area contributed by atoms with Crippen LogP contribution < -0.4 is 4.90 Å². The Morgan fingerprint density at radius 2 is 2.15 bits per heavy atom. The fourth-order valence-corrected chi connectivity index (χ4v) is 4.45. The molecule has 0 unspecified atom stereocenters. The molecule has 2 atom stereocenters. The number of carbonyl (C=O) groups excluding carboxylic acids is 1. The van der Waals surface area contributed by atoms with Gasteiger partial charge < -0.3 is 19.6 Å². The van der Waals surface area contributed by atoms with E-state index in [2.05, 4.69) is 9.88 Å². The fourth-order valence-electron chi connectivity index (χ4n) is 4.45. The molecule has 8 heteroatoms. The van der Waals surface area contributed by atoms with E-state index in [0.717, 1.165) is 13.1 Å². The van der Waals surface area contributed by atoms with Crippen LogP contribution in [0.4, 0.5) is 10.1 Å². The summed E-state index contributed by atoms with van der Waals surface area (Å²) in [6.45, 7) is 5.65. The van der Waals surface area contributed by atoms with Gasteiger partial charge in [0.05, 0.1) is 38.2 Å². The minimum absolute atomic E-state index is 0.00219. The highest BCUT2D eigenvalue weighted by atomic mass is 19.1. The van der Waals surface area contributed by atoms with Crippen LogP contribution in [0, 0.1) is 17.2 Å². The predicted octanol–water partition coefficient (Wildman–Crippen LogP) is -0.190. The van der Waals surface area contributed by atoms with Crippen LogP contribution in [0.2, 0.25) is 0 Å². The van der Waals surface area contributed by atoms with Crippen LogP contribution in [0.5, 0.6) is 0 Å². The second kappa shape index (κ2) is 7.09. The van der Waals surface area contributed by atoms with Gasteiger partial charge in [-0.15, -0.1) is 0 Å². The van der Waals surface area contributed by atoms with Gasteiger partial charge in [0, 0.05) is 56.8 Å². The van der Waals surface area contributed by atoms with E-state index in [1.54, 1.807) is 12.3 Å². The molecule has 1 amide bonds. The Kier molecular flexibility index (Phi) is 4.81. The maximum atomic E-state index is 14.1. The first-order chi connectivity index (χ1) is 12.6. The molecule has 1 aromatic rings. The van der Waals surface area contributed by atoms with Crippen LogP contribution in [0.1, 0.15) is 0 Å². The van der Waals surface area contributed by atoms with Gasteiger partial charge in [-0.2, -0.15) is 0 Å². The van der Waals surface area contributed by atoms with Gasteiger partial charge in [0.1, 0.15) is 0 Å². The van der Waals surface area contributed by atoms with Crippen molar-refractivity contribution in [1.29, 1.82) is 0 Å². The number of likely N-dealkylation sites (tertiary alicyclic amines) is 1. The van der Waals surface area contributed by atoms with Gasteiger partial charge in [-0.25, -0.2) is 4.39 Å². The van der Waals surface area contributed by atoms with Gasteiger partial charge in [-0.3, -0.25) is 14.7 Å². The van der Waals surface area contributed by atoms with E-state index >= 15 is 0 Å². The van der Waals surface area contributed by atoms with Crippen molar-refractivity contribution in [2.24, 2.45) is 11.3 Å². The highest BCUT2D eigenvalue weighted by Crippen LogP contribution is 2.44. The molecular formula is C18H25FN4O3. The van der Waals surface area contributed by atoms with Gasteiger partial charge in [0.15, 0.2) is 5.82 Å². The summed E-state index contributed by atoms with van der Waals surface area (Å²) >= 11 is 0. The molecule has 3 fully saturated rings. The van der Waals surface area contributed by atoms with E-state index in [4.69, 9.17) is 4.74 Å². The van der Waals surface area contributed by atoms with E-state index in [1.165, 1.54) is 6.20 Å². The van der Waals surface area contributed by atoms with E-state index < -0.39 is 0 Å². The Bertz CT molecular complexity index is 670. The minimum Gasteiger partial charge on any atom is -0.396 e. The Morgan fingerprint density at radius 1 is 1.35 bits per heavy atom. The number of morpholine rings is 1. The zero-order chi connectivity index (χ0) is 18.1. The summed E-state index contributed by atoms with van der Waals surface area (Å²) < 4.78 is 19.4. The minimum atomic E-state index is -0.379. The lowest BCUT2D eigenvalue weighted by Gasteiger charge is -2.30. The summed E-state index contributed by atoms with van der Waals surface area (Å²) in [5.41, 5.74) is 0.143. The number of aliphatic hydroxyl groups is 1. The second-order valence-electron chi connectivity index (χ2n) is 7.59. The van der Waals surface area contributed by atoms with Crippen LogP contribution in [-0.4, -0.2) is 91.4 Å². The third-order valence-corrected chi connectivity index (χ3v) is 5.98. The summed E-state index contributed by atoms with van der Waals surface area (Å²) in [6, 6.07) is 1.67. The van der Waals surface area contributed by atoms with Crippen molar-refractivity contribution in [3.05, 3.63) is 24.3 Å². The monoisotopic (exact) mass is 364 g/mol. The smallest absolute Gasteiger partial charge is 0.236 e. The highest BCUT2D eigenvalue weighted by molar-refractivity contribution is 5.79. The lowest BCUT2D eigenvalue weighted by Crippen LogP contribution is -2.46. The molecule has 3 saturated heterocycles. The van der Waals surface area contributed by atoms with Gasteiger partial charge in [-0.05, 0) is 6.07 Å². The molecule has 26 heavy (non-hydrogen) atoms. The van der Waals surface area contributed by atoms with Crippen molar-refractivity contribution in [3.8, 4) is 0 Å². The SMILES string of the molecule is O=C(CN1CCOCC1)N1C[C@@H]2CN(c3ccncc3F)C[C@]2(CO)C1. The summed E-state index contributed by atoms with van der Waals surface area (Å²) in [6.07, 6.45) is 2.80. The first-order valence-electron chi connectivity index (χ1n) is 9.14. The van der Waals surface area contributed by atoms with E-state index in [-0.39, 0.29) is 29.7 Å². The van der Waals surface area contributed by atoms with Crippen LogP contribution in [0.15, 0.2) is 18.5 Å². The number of anilines is 1. The Hall–Kier alpha value is -1.77. The number of pyridine rings is 1. The normalized spacial score (nSPS) is 29.2. The van der Waals surface area contributed by atoms with E-state index in [0.29, 0.717) is 51.6 Å². The molecule has 0 saturated carbocycles. The number of hydrogen-bond donors (Lipinski definition) is 1. The molecule has 142 valence electrons. The molecule has 3 aliphatic rings. The molecule has 4 rings (SSSR count). The Morgan fingerprint density at radius 3 is 2.85 bits per heavy atom. The Labute approximate surface area is 152 Å². The van der Waals surface area contributed by atoms with Gasteiger partial charge in [-0.1, -0.05) is 0 Å². The number of nitrogens with zero attached hydrogens (tertiary/aromatic N) is 4. The van der Waals surface area contributed by atoms with Crippen LogP contribution in [-0.2, 0) is 9.53 Å². The zero-order valence-electron chi connectivity index (χ0n) is 14.8. The number of fused-ring (bicyclic) bond motifs is 1.